The highest BCUT2D eigenvalue weighted by Gasteiger charge is 2.15. The molecule has 0 radical (unpaired) electrons. The first-order valence-electron chi connectivity index (χ1n) is 8.92. The average molecular weight is 394 g/mol. The summed E-state index contributed by atoms with van der Waals surface area (Å²) in [5, 5.41) is 15.1. The zero-order valence-electron chi connectivity index (χ0n) is 15.8. The van der Waals surface area contributed by atoms with Crippen molar-refractivity contribution in [2.45, 2.75) is 20.4 Å². The Kier molecular flexibility index (Phi) is 4.82. The van der Waals surface area contributed by atoms with Crippen LogP contribution in [0.3, 0.4) is 0 Å². The maximum atomic E-state index is 12.3. The van der Waals surface area contributed by atoms with Crippen LogP contribution in [0, 0.1) is 13.8 Å². The van der Waals surface area contributed by atoms with E-state index in [1.165, 1.54) is 23.1 Å². The fourth-order valence-electron chi connectivity index (χ4n) is 2.86. The molecule has 0 bridgehead atoms. The zero-order chi connectivity index (χ0) is 20.4. The summed E-state index contributed by atoms with van der Waals surface area (Å²) in [5.74, 6) is 0.944. The van der Waals surface area contributed by atoms with Crippen molar-refractivity contribution < 1.29 is 13.7 Å². The fraction of sp³-hybridized carbons (Fsp3) is 0.211. The smallest absolute Gasteiger partial charge is 0.273 e. The lowest BCUT2D eigenvalue weighted by molar-refractivity contribution is 0.0942. The van der Waals surface area contributed by atoms with Crippen molar-refractivity contribution in [2.24, 2.45) is 0 Å². The van der Waals surface area contributed by atoms with E-state index in [0.29, 0.717) is 17.3 Å². The van der Waals surface area contributed by atoms with Crippen LogP contribution in [-0.4, -0.2) is 37.2 Å². The number of carbonyl (C=O) groups is 1. The van der Waals surface area contributed by atoms with Crippen LogP contribution in [0.2, 0.25) is 0 Å². The molecule has 0 aliphatic rings. The van der Waals surface area contributed by atoms with Crippen LogP contribution >= 0.6 is 0 Å². The SMILES string of the molecule is Cc1cc(C)n(-c2ccc(=O)n(CCNC(=O)c3cc(-c4ccco4)on3)n2)n1. The summed E-state index contributed by atoms with van der Waals surface area (Å²) >= 11 is 0. The highest BCUT2D eigenvalue weighted by Crippen LogP contribution is 2.20. The van der Waals surface area contributed by atoms with Crippen LogP contribution < -0.4 is 10.9 Å². The molecule has 0 saturated carbocycles. The van der Waals surface area contributed by atoms with E-state index in [1.807, 2.05) is 19.9 Å². The number of hydrogen-bond acceptors (Lipinski definition) is 7. The molecular weight excluding hydrogens is 376 g/mol. The van der Waals surface area contributed by atoms with E-state index in [2.05, 4.69) is 20.7 Å². The van der Waals surface area contributed by atoms with E-state index in [1.54, 1.807) is 22.9 Å². The zero-order valence-corrected chi connectivity index (χ0v) is 15.8. The second kappa shape index (κ2) is 7.58. The normalized spacial score (nSPS) is 11.0. The average Bonchev–Trinajstić information content (AvgIpc) is 3.43. The molecular formula is C19H18N6O4. The summed E-state index contributed by atoms with van der Waals surface area (Å²) in [4.78, 5) is 24.3. The van der Waals surface area contributed by atoms with Gasteiger partial charge in [0.15, 0.2) is 17.3 Å². The fourth-order valence-corrected chi connectivity index (χ4v) is 2.86. The van der Waals surface area contributed by atoms with Gasteiger partial charge in [0, 0.05) is 24.4 Å². The second-order valence-corrected chi connectivity index (χ2v) is 6.40. The second-order valence-electron chi connectivity index (χ2n) is 6.40. The minimum Gasteiger partial charge on any atom is -0.461 e. The van der Waals surface area contributed by atoms with Crippen LogP contribution in [0.4, 0.5) is 0 Å². The molecule has 0 atom stereocenters. The molecule has 4 heterocycles. The topological polar surface area (TPSA) is 121 Å². The van der Waals surface area contributed by atoms with E-state index in [0.717, 1.165) is 11.4 Å². The summed E-state index contributed by atoms with van der Waals surface area (Å²) < 4.78 is 13.3. The molecule has 148 valence electrons. The van der Waals surface area contributed by atoms with Gasteiger partial charge in [-0.25, -0.2) is 9.36 Å². The number of hydrogen-bond donors (Lipinski definition) is 1. The Morgan fingerprint density at radius 3 is 2.72 bits per heavy atom. The number of aryl methyl sites for hydroxylation is 2. The van der Waals surface area contributed by atoms with E-state index in [-0.39, 0.29) is 24.3 Å². The predicted octanol–water partition coefficient (Wildman–Crippen LogP) is 1.72. The maximum absolute atomic E-state index is 12.3. The third-order valence-corrected chi connectivity index (χ3v) is 4.20. The van der Waals surface area contributed by atoms with E-state index >= 15 is 0 Å². The molecule has 0 fully saturated rings. The summed E-state index contributed by atoms with van der Waals surface area (Å²) in [6.07, 6.45) is 1.50. The quantitative estimate of drug-likeness (QED) is 0.528. The van der Waals surface area contributed by atoms with Crippen LogP contribution in [0.5, 0.6) is 0 Å². The van der Waals surface area contributed by atoms with Gasteiger partial charge in [0.25, 0.3) is 11.5 Å². The van der Waals surface area contributed by atoms with Crippen molar-refractivity contribution in [3.05, 3.63) is 70.1 Å². The van der Waals surface area contributed by atoms with Crippen molar-refractivity contribution in [3.8, 4) is 17.3 Å². The highest BCUT2D eigenvalue weighted by molar-refractivity contribution is 5.92. The third kappa shape index (κ3) is 3.86. The Morgan fingerprint density at radius 2 is 2.00 bits per heavy atom. The highest BCUT2D eigenvalue weighted by atomic mass is 16.5. The lowest BCUT2D eigenvalue weighted by Gasteiger charge is -2.08. The molecule has 0 aliphatic carbocycles. The Morgan fingerprint density at radius 1 is 1.14 bits per heavy atom. The van der Waals surface area contributed by atoms with Crippen LogP contribution in [0.1, 0.15) is 21.9 Å². The van der Waals surface area contributed by atoms with Crippen LogP contribution in [-0.2, 0) is 6.54 Å². The van der Waals surface area contributed by atoms with E-state index < -0.39 is 5.91 Å². The summed E-state index contributed by atoms with van der Waals surface area (Å²) in [6, 6.07) is 9.86. The van der Waals surface area contributed by atoms with Gasteiger partial charge < -0.3 is 14.3 Å². The van der Waals surface area contributed by atoms with Gasteiger partial charge in [-0.3, -0.25) is 9.59 Å². The molecule has 1 amide bonds. The number of amides is 1. The van der Waals surface area contributed by atoms with E-state index in [4.69, 9.17) is 8.94 Å². The standard InChI is InChI=1S/C19H18N6O4/c1-12-10-13(2)25(21-12)17-5-6-18(26)24(22-17)8-7-20-19(27)14-11-16(29-23-14)15-4-3-9-28-15/h3-6,9-11H,7-8H2,1-2H3,(H,20,27). The molecule has 10 nitrogen and oxygen atoms in total. The number of nitrogens with zero attached hydrogens (tertiary/aromatic N) is 5. The van der Waals surface area contributed by atoms with Gasteiger partial charge in [-0.05, 0) is 38.1 Å². The number of aromatic nitrogens is 5. The Hall–Kier alpha value is -3.95. The van der Waals surface area contributed by atoms with Gasteiger partial charge in [0.05, 0.1) is 18.5 Å². The molecule has 1 N–H and O–H groups in total. The minimum atomic E-state index is -0.422. The van der Waals surface area contributed by atoms with Gasteiger partial charge in [-0.15, -0.1) is 5.10 Å². The number of carbonyl (C=O) groups excluding carboxylic acids is 1. The van der Waals surface area contributed by atoms with Crippen molar-refractivity contribution in [2.75, 3.05) is 6.54 Å². The maximum Gasteiger partial charge on any atom is 0.273 e. The van der Waals surface area contributed by atoms with Gasteiger partial charge in [-0.2, -0.15) is 5.10 Å². The first-order chi connectivity index (χ1) is 14.0. The molecule has 0 aliphatic heterocycles. The first kappa shape index (κ1) is 18.4. The predicted molar refractivity (Wildman–Crippen MR) is 102 cm³/mol. The lowest BCUT2D eigenvalue weighted by atomic mass is 10.3. The van der Waals surface area contributed by atoms with Gasteiger partial charge in [0.2, 0.25) is 5.76 Å². The Bertz CT molecular complexity index is 1200. The largest absolute Gasteiger partial charge is 0.461 e. The third-order valence-electron chi connectivity index (χ3n) is 4.20. The summed E-state index contributed by atoms with van der Waals surface area (Å²) in [5.41, 5.74) is 1.61. The van der Waals surface area contributed by atoms with E-state index in [9.17, 15) is 9.59 Å². The molecule has 4 rings (SSSR count). The van der Waals surface area contributed by atoms with Crippen molar-refractivity contribution in [1.29, 1.82) is 0 Å². The molecule has 4 aromatic heterocycles. The Balaban J connectivity index is 1.42. The molecule has 4 aromatic rings. The summed E-state index contributed by atoms with van der Waals surface area (Å²) in [7, 11) is 0. The number of nitrogens with one attached hydrogen (secondary N) is 1. The van der Waals surface area contributed by atoms with Gasteiger partial charge in [-0.1, -0.05) is 5.16 Å². The molecule has 0 saturated heterocycles. The van der Waals surface area contributed by atoms with Gasteiger partial charge >= 0.3 is 0 Å². The molecule has 0 aromatic carbocycles. The molecule has 0 unspecified atom stereocenters. The first-order valence-corrected chi connectivity index (χ1v) is 8.92. The van der Waals surface area contributed by atoms with Crippen LogP contribution in [0.15, 0.2) is 56.4 Å². The van der Waals surface area contributed by atoms with Crippen LogP contribution in [0.25, 0.3) is 17.3 Å². The number of rotatable bonds is 6. The monoisotopic (exact) mass is 394 g/mol. The van der Waals surface area contributed by atoms with Gasteiger partial charge in [0.1, 0.15) is 0 Å². The molecule has 29 heavy (non-hydrogen) atoms. The van der Waals surface area contributed by atoms with Crippen molar-refractivity contribution in [1.82, 2.24) is 30.0 Å². The van der Waals surface area contributed by atoms with Crippen molar-refractivity contribution >= 4 is 5.91 Å². The lowest BCUT2D eigenvalue weighted by Crippen LogP contribution is -2.32. The minimum absolute atomic E-state index is 0.119. The Labute approximate surface area is 164 Å². The molecule has 10 heteroatoms. The number of furan rings is 1. The molecule has 0 spiro atoms. The summed E-state index contributed by atoms with van der Waals surface area (Å²) in [6.45, 7) is 4.18. The van der Waals surface area contributed by atoms with Crippen molar-refractivity contribution in [3.63, 3.8) is 0 Å².